The second-order valence-electron chi connectivity index (χ2n) is 8.36. The van der Waals surface area contributed by atoms with E-state index in [1.807, 2.05) is 51.1 Å². The molecule has 164 valence electrons. The van der Waals surface area contributed by atoms with Crippen molar-refractivity contribution in [2.45, 2.75) is 39.3 Å². The van der Waals surface area contributed by atoms with Gasteiger partial charge >= 0.3 is 0 Å². The van der Waals surface area contributed by atoms with Crippen LogP contribution in [0.15, 0.2) is 54.6 Å². The molecule has 0 radical (unpaired) electrons. The maximum atomic E-state index is 13.5. The van der Waals surface area contributed by atoms with Gasteiger partial charge in [0.2, 0.25) is 0 Å². The number of ketones is 1. The summed E-state index contributed by atoms with van der Waals surface area (Å²) in [5.74, 6) is -0.864. The molecule has 1 aliphatic heterocycles. The fourth-order valence-electron chi connectivity index (χ4n) is 4.24. The number of halogens is 2. The molecule has 0 spiro atoms. The van der Waals surface area contributed by atoms with Crippen molar-refractivity contribution in [1.29, 1.82) is 0 Å². The first-order valence-electron chi connectivity index (χ1n) is 10.3. The largest absolute Gasteiger partial charge is 0.375 e. The third kappa shape index (κ3) is 3.83. The molecule has 0 bridgehead atoms. The van der Waals surface area contributed by atoms with Gasteiger partial charge in [-0.2, -0.15) is 0 Å². The highest BCUT2D eigenvalue weighted by Crippen LogP contribution is 2.45. The van der Waals surface area contributed by atoms with Gasteiger partial charge < -0.3 is 10.0 Å². The highest BCUT2D eigenvalue weighted by Gasteiger charge is 2.51. The molecule has 0 saturated carbocycles. The van der Waals surface area contributed by atoms with Gasteiger partial charge in [-0.1, -0.05) is 47.5 Å². The lowest BCUT2D eigenvalue weighted by atomic mass is 9.86. The number of carbonyl (C=O) groups is 2. The molecular formula is C26H23Cl2NO3. The van der Waals surface area contributed by atoms with Crippen LogP contribution in [-0.4, -0.2) is 16.8 Å². The molecule has 4 rings (SSSR count). The van der Waals surface area contributed by atoms with E-state index in [4.69, 9.17) is 23.2 Å². The molecule has 0 aromatic heterocycles. The van der Waals surface area contributed by atoms with Gasteiger partial charge in [0, 0.05) is 21.2 Å². The minimum Gasteiger partial charge on any atom is -0.375 e. The minimum atomic E-state index is -2.01. The average molecular weight is 468 g/mol. The Morgan fingerprint density at radius 1 is 0.969 bits per heavy atom. The van der Waals surface area contributed by atoms with E-state index in [1.165, 1.54) is 4.90 Å². The molecule has 6 heteroatoms. The van der Waals surface area contributed by atoms with Gasteiger partial charge in [0.1, 0.15) is 0 Å². The minimum absolute atomic E-state index is 0.173. The highest BCUT2D eigenvalue weighted by atomic mass is 35.5. The lowest BCUT2D eigenvalue weighted by Gasteiger charge is -2.23. The Kier molecular flexibility index (Phi) is 5.89. The zero-order valence-corrected chi connectivity index (χ0v) is 19.6. The van der Waals surface area contributed by atoms with Crippen LogP contribution < -0.4 is 4.90 Å². The van der Waals surface area contributed by atoms with E-state index < -0.39 is 11.5 Å². The number of rotatable bonds is 5. The normalized spacial score (nSPS) is 17.6. The van der Waals surface area contributed by atoms with Gasteiger partial charge in [-0.25, -0.2) is 0 Å². The van der Waals surface area contributed by atoms with Gasteiger partial charge in [-0.15, -0.1) is 0 Å². The zero-order chi connectivity index (χ0) is 23.2. The number of hydrogen-bond acceptors (Lipinski definition) is 3. The number of anilines is 1. The smallest absolute Gasteiger partial charge is 0.264 e. The van der Waals surface area contributed by atoms with Crippen LogP contribution in [0.25, 0.3) is 0 Å². The van der Waals surface area contributed by atoms with E-state index >= 15 is 0 Å². The maximum absolute atomic E-state index is 13.5. The maximum Gasteiger partial charge on any atom is 0.264 e. The summed E-state index contributed by atoms with van der Waals surface area (Å²) >= 11 is 12.5. The lowest BCUT2D eigenvalue weighted by Crippen LogP contribution is -2.41. The number of amides is 1. The Labute approximate surface area is 197 Å². The van der Waals surface area contributed by atoms with Crippen molar-refractivity contribution in [2.75, 3.05) is 4.90 Å². The van der Waals surface area contributed by atoms with Crippen molar-refractivity contribution in [3.8, 4) is 0 Å². The molecule has 3 aromatic rings. The summed E-state index contributed by atoms with van der Waals surface area (Å²) in [6.07, 6.45) is -0.373. The monoisotopic (exact) mass is 467 g/mol. The van der Waals surface area contributed by atoms with Crippen molar-refractivity contribution in [3.63, 3.8) is 0 Å². The summed E-state index contributed by atoms with van der Waals surface area (Å²) in [6.45, 7) is 5.94. The Morgan fingerprint density at radius 2 is 1.66 bits per heavy atom. The number of carbonyl (C=O) groups excluding carboxylic acids is 2. The van der Waals surface area contributed by atoms with Gasteiger partial charge in [0.25, 0.3) is 5.91 Å². The summed E-state index contributed by atoms with van der Waals surface area (Å²) in [6, 6.07) is 15.9. The molecule has 1 heterocycles. The number of hydrogen-bond donors (Lipinski definition) is 1. The van der Waals surface area contributed by atoms with Crippen LogP contribution in [0.3, 0.4) is 0 Å². The summed E-state index contributed by atoms with van der Waals surface area (Å²) in [7, 11) is 0. The number of Topliss-reactive ketones (excluding diaryl/α,β-unsaturated/α-hetero) is 1. The Morgan fingerprint density at radius 3 is 2.38 bits per heavy atom. The predicted octanol–water partition coefficient (Wildman–Crippen LogP) is 5.93. The fraction of sp³-hybridized carbons (Fsp3) is 0.231. The van der Waals surface area contributed by atoms with Crippen molar-refractivity contribution in [1.82, 2.24) is 0 Å². The van der Waals surface area contributed by atoms with Gasteiger partial charge in [-0.3, -0.25) is 9.59 Å². The molecule has 1 amide bonds. The van der Waals surface area contributed by atoms with Crippen molar-refractivity contribution in [3.05, 3.63) is 98.0 Å². The van der Waals surface area contributed by atoms with Crippen LogP contribution in [0.1, 0.15) is 44.6 Å². The van der Waals surface area contributed by atoms with Gasteiger partial charge in [0.15, 0.2) is 11.4 Å². The van der Waals surface area contributed by atoms with E-state index in [0.717, 1.165) is 22.3 Å². The van der Waals surface area contributed by atoms with E-state index in [9.17, 15) is 14.7 Å². The summed E-state index contributed by atoms with van der Waals surface area (Å²) in [4.78, 5) is 28.3. The molecule has 0 fully saturated rings. The molecular weight excluding hydrogens is 445 g/mol. The first-order chi connectivity index (χ1) is 15.1. The van der Waals surface area contributed by atoms with E-state index in [1.54, 1.807) is 24.3 Å². The Balaban J connectivity index is 1.74. The summed E-state index contributed by atoms with van der Waals surface area (Å²) in [5, 5.41) is 12.5. The summed E-state index contributed by atoms with van der Waals surface area (Å²) < 4.78 is 0. The van der Waals surface area contributed by atoms with Crippen LogP contribution in [0, 0.1) is 20.8 Å². The Hall–Kier alpha value is -2.66. The van der Waals surface area contributed by atoms with Crippen molar-refractivity contribution < 1.29 is 14.7 Å². The van der Waals surface area contributed by atoms with Crippen LogP contribution >= 0.6 is 23.2 Å². The molecule has 0 aliphatic carbocycles. The van der Waals surface area contributed by atoms with E-state index in [2.05, 4.69) is 0 Å². The zero-order valence-electron chi connectivity index (χ0n) is 18.1. The third-order valence-electron chi connectivity index (χ3n) is 6.14. The molecule has 3 aromatic carbocycles. The lowest BCUT2D eigenvalue weighted by molar-refractivity contribution is -0.136. The number of benzene rings is 3. The number of aryl methyl sites for hydroxylation is 3. The topological polar surface area (TPSA) is 57.6 Å². The van der Waals surface area contributed by atoms with E-state index in [0.29, 0.717) is 26.9 Å². The van der Waals surface area contributed by atoms with Crippen LogP contribution in [-0.2, 0) is 16.9 Å². The van der Waals surface area contributed by atoms with E-state index in [-0.39, 0.29) is 18.7 Å². The van der Waals surface area contributed by atoms with Crippen LogP contribution in [0.5, 0.6) is 0 Å². The first kappa shape index (κ1) is 22.5. The second-order valence-corrected chi connectivity index (χ2v) is 9.20. The third-order valence-corrected chi connectivity index (χ3v) is 6.74. The quantitative estimate of drug-likeness (QED) is 0.473. The molecule has 1 aliphatic rings. The SMILES string of the molecule is Cc1cc(C)c(C(=O)C[C@]2(O)C(=O)N(Cc3ccccc3Cl)c3ccc(Cl)cc32)cc1C. The molecule has 1 N–H and O–H groups in total. The van der Waals surface area contributed by atoms with Crippen LogP contribution in [0.2, 0.25) is 10.0 Å². The molecule has 32 heavy (non-hydrogen) atoms. The second kappa shape index (κ2) is 8.36. The highest BCUT2D eigenvalue weighted by molar-refractivity contribution is 6.31. The summed E-state index contributed by atoms with van der Waals surface area (Å²) in [5.41, 5.74) is 2.95. The average Bonchev–Trinajstić information content (AvgIpc) is 2.93. The number of aliphatic hydroxyl groups is 1. The fourth-order valence-corrected chi connectivity index (χ4v) is 4.60. The molecule has 1 atom stereocenters. The van der Waals surface area contributed by atoms with Crippen LogP contribution in [0.4, 0.5) is 5.69 Å². The Bertz CT molecular complexity index is 1250. The molecule has 4 nitrogen and oxygen atoms in total. The molecule has 0 unspecified atom stereocenters. The molecule has 0 saturated heterocycles. The van der Waals surface area contributed by atoms with Gasteiger partial charge in [0.05, 0.1) is 18.7 Å². The van der Waals surface area contributed by atoms with Crippen molar-refractivity contribution >= 4 is 40.6 Å². The number of fused-ring (bicyclic) bond motifs is 1. The standard InChI is InChI=1S/C26H23Cl2NO3/c1-15-10-17(3)20(11-16(15)2)24(30)13-26(32)21-12-19(27)8-9-23(21)29(25(26)31)14-18-6-4-5-7-22(18)28/h4-12,32H,13-14H2,1-3H3/t26-/m1/s1. The predicted molar refractivity (Wildman–Crippen MR) is 128 cm³/mol. The first-order valence-corrected chi connectivity index (χ1v) is 11.1. The number of nitrogens with zero attached hydrogens (tertiary/aromatic N) is 1. The van der Waals surface area contributed by atoms with Crippen molar-refractivity contribution in [2.24, 2.45) is 0 Å². The van der Waals surface area contributed by atoms with Gasteiger partial charge in [-0.05, 0) is 73.4 Å².